The number of benzene rings is 1. The number of aliphatic hydroxyl groups excluding tert-OH is 1. The Hall–Kier alpha value is -1.12. The molecule has 1 atom stereocenters. The van der Waals surface area contributed by atoms with Crippen molar-refractivity contribution in [2.45, 2.75) is 51.8 Å². The van der Waals surface area contributed by atoms with Gasteiger partial charge in [0.1, 0.15) is 8.07 Å². The van der Waals surface area contributed by atoms with Gasteiger partial charge in [-0.25, -0.2) is 0 Å². The largest absolute Gasteiger partial charge is 0.388 e. The molecule has 1 aromatic rings. The second kappa shape index (κ2) is 8.23. The molecule has 0 spiro atoms. The van der Waals surface area contributed by atoms with Crippen LogP contribution in [-0.2, 0) is 0 Å². The van der Waals surface area contributed by atoms with E-state index in [0.29, 0.717) is 0 Å². The van der Waals surface area contributed by atoms with Gasteiger partial charge in [0.2, 0.25) is 0 Å². The zero-order valence-corrected chi connectivity index (χ0v) is 14.1. The van der Waals surface area contributed by atoms with E-state index in [1.54, 1.807) is 0 Å². The molecule has 1 nitrogen and oxygen atoms in total. The van der Waals surface area contributed by atoms with Gasteiger partial charge in [-0.1, -0.05) is 93.2 Å². The first-order chi connectivity index (χ1) is 9.51. The van der Waals surface area contributed by atoms with E-state index >= 15 is 0 Å². The number of unbranched alkanes of at least 4 members (excludes halogenated alkanes) is 2. The Labute approximate surface area is 125 Å². The lowest BCUT2D eigenvalue weighted by molar-refractivity contribution is 0.200. The topological polar surface area (TPSA) is 20.2 Å². The van der Waals surface area contributed by atoms with Crippen molar-refractivity contribution in [3.05, 3.63) is 54.3 Å². The van der Waals surface area contributed by atoms with E-state index < -0.39 is 8.07 Å². The molecule has 0 bridgehead atoms. The van der Waals surface area contributed by atoms with E-state index in [1.807, 2.05) is 12.1 Å². The van der Waals surface area contributed by atoms with Crippen molar-refractivity contribution in [2.75, 3.05) is 0 Å². The van der Waals surface area contributed by atoms with Gasteiger partial charge >= 0.3 is 0 Å². The average Bonchev–Trinajstić information content (AvgIpc) is 2.46. The van der Waals surface area contributed by atoms with Gasteiger partial charge < -0.3 is 5.11 Å². The average molecular weight is 289 g/mol. The molecule has 0 aliphatic heterocycles. The maximum Gasteiger partial charge on any atom is 0.104 e. The molecular formula is C18H28OSi. The van der Waals surface area contributed by atoms with E-state index in [0.717, 1.165) is 18.4 Å². The molecule has 0 aliphatic carbocycles. The standard InChI is InChI=1S/C18H28OSi/c1-5-7-9-14-18(19)16(6-2)15-20(3,4)17-12-10-8-11-13-17/h6,8,10-13,15,18-19H,2,5,7,9,14H2,1,3-4H3/b16-15+. The van der Waals surface area contributed by atoms with Crippen LogP contribution < -0.4 is 5.19 Å². The Kier molecular flexibility index (Phi) is 6.96. The quantitative estimate of drug-likeness (QED) is 0.432. The van der Waals surface area contributed by atoms with Gasteiger partial charge in [0.05, 0.1) is 6.10 Å². The number of rotatable bonds is 8. The molecule has 1 unspecified atom stereocenters. The Balaban J connectivity index is 2.84. The highest BCUT2D eigenvalue weighted by Crippen LogP contribution is 2.16. The van der Waals surface area contributed by atoms with E-state index in [9.17, 15) is 5.11 Å². The molecular weight excluding hydrogens is 260 g/mol. The van der Waals surface area contributed by atoms with Gasteiger partial charge in [-0.2, -0.15) is 0 Å². The fourth-order valence-electron chi connectivity index (χ4n) is 2.41. The van der Waals surface area contributed by atoms with Crippen LogP contribution >= 0.6 is 0 Å². The zero-order chi connectivity index (χ0) is 15.0. The van der Waals surface area contributed by atoms with E-state index in [4.69, 9.17) is 0 Å². The van der Waals surface area contributed by atoms with Crippen molar-refractivity contribution in [1.29, 1.82) is 0 Å². The Morgan fingerprint density at radius 2 is 1.90 bits per heavy atom. The van der Waals surface area contributed by atoms with Crippen molar-refractivity contribution < 1.29 is 5.11 Å². The molecule has 0 radical (unpaired) electrons. The summed E-state index contributed by atoms with van der Waals surface area (Å²) in [5.74, 6) is 0. The second-order valence-corrected chi connectivity index (χ2v) is 10.3. The second-order valence-electron chi connectivity index (χ2n) is 5.95. The van der Waals surface area contributed by atoms with Crippen LogP contribution in [0, 0.1) is 0 Å². The maximum absolute atomic E-state index is 10.3. The minimum absolute atomic E-state index is 0.366. The Morgan fingerprint density at radius 1 is 1.25 bits per heavy atom. The van der Waals surface area contributed by atoms with Gasteiger partial charge in [-0.05, 0) is 12.0 Å². The number of hydrogen-bond donors (Lipinski definition) is 1. The first-order valence-corrected chi connectivity index (χ1v) is 10.7. The summed E-state index contributed by atoms with van der Waals surface area (Å²) >= 11 is 0. The predicted octanol–water partition coefficient (Wildman–Crippen LogP) is 4.19. The molecule has 0 saturated carbocycles. The van der Waals surface area contributed by atoms with Gasteiger partial charge in [0.15, 0.2) is 0 Å². The van der Waals surface area contributed by atoms with Crippen molar-refractivity contribution >= 4 is 13.3 Å². The van der Waals surface area contributed by atoms with E-state index in [-0.39, 0.29) is 6.10 Å². The fourth-order valence-corrected chi connectivity index (χ4v) is 4.78. The van der Waals surface area contributed by atoms with E-state index in [2.05, 4.69) is 56.6 Å². The molecule has 0 saturated heterocycles. The van der Waals surface area contributed by atoms with Crippen LogP contribution in [0.1, 0.15) is 32.6 Å². The van der Waals surface area contributed by atoms with Gasteiger partial charge in [-0.3, -0.25) is 0 Å². The van der Waals surface area contributed by atoms with Gasteiger partial charge in [0, 0.05) is 0 Å². The van der Waals surface area contributed by atoms with Crippen molar-refractivity contribution in [1.82, 2.24) is 0 Å². The smallest absolute Gasteiger partial charge is 0.104 e. The van der Waals surface area contributed by atoms with Gasteiger partial charge in [0.25, 0.3) is 0 Å². The molecule has 2 heteroatoms. The van der Waals surface area contributed by atoms with Crippen molar-refractivity contribution in [3.63, 3.8) is 0 Å². The lowest BCUT2D eigenvalue weighted by Gasteiger charge is -2.22. The highest BCUT2D eigenvalue weighted by atomic mass is 28.3. The highest BCUT2D eigenvalue weighted by molar-refractivity contribution is 6.94. The van der Waals surface area contributed by atoms with Crippen LogP contribution in [0.15, 0.2) is 54.3 Å². The first kappa shape index (κ1) is 16.9. The summed E-state index contributed by atoms with van der Waals surface area (Å²) in [7, 11) is -1.67. The van der Waals surface area contributed by atoms with Crippen LogP contribution in [0.4, 0.5) is 0 Å². The van der Waals surface area contributed by atoms with E-state index in [1.165, 1.54) is 18.0 Å². The van der Waals surface area contributed by atoms with Crippen LogP contribution in [-0.4, -0.2) is 19.3 Å². The third kappa shape index (κ3) is 5.10. The number of aliphatic hydroxyl groups is 1. The lowest BCUT2D eigenvalue weighted by Crippen LogP contribution is -2.40. The molecule has 0 aliphatic rings. The Morgan fingerprint density at radius 3 is 2.45 bits per heavy atom. The lowest BCUT2D eigenvalue weighted by atomic mass is 10.0. The molecule has 0 aromatic heterocycles. The summed E-state index contributed by atoms with van der Waals surface area (Å²) < 4.78 is 0. The molecule has 110 valence electrons. The fraction of sp³-hybridized carbons (Fsp3) is 0.444. The van der Waals surface area contributed by atoms with Crippen molar-refractivity contribution in [3.8, 4) is 0 Å². The van der Waals surface area contributed by atoms with Gasteiger partial charge in [-0.15, -0.1) is 0 Å². The predicted molar refractivity (Wildman–Crippen MR) is 92.0 cm³/mol. The summed E-state index contributed by atoms with van der Waals surface area (Å²) in [4.78, 5) is 0. The SMILES string of the molecule is C=C/C(=C\[Si](C)(C)c1ccccc1)C(O)CCCCC. The van der Waals surface area contributed by atoms with Crippen molar-refractivity contribution in [2.24, 2.45) is 0 Å². The first-order valence-electron chi connectivity index (χ1n) is 7.60. The summed E-state index contributed by atoms with van der Waals surface area (Å²) in [6, 6.07) is 10.6. The minimum atomic E-state index is -1.67. The molecule has 1 aromatic carbocycles. The van der Waals surface area contributed by atoms with Crippen LogP contribution in [0.2, 0.25) is 13.1 Å². The molecule has 0 fully saturated rings. The Bertz CT molecular complexity index is 434. The molecule has 0 amide bonds. The summed E-state index contributed by atoms with van der Waals surface area (Å²) in [6.45, 7) is 10.7. The van der Waals surface area contributed by atoms with Crippen LogP contribution in [0.3, 0.4) is 0 Å². The normalized spacial score (nSPS) is 14.1. The molecule has 20 heavy (non-hydrogen) atoms. The summed E-state index contributed by atoms with van der Waals surface area (Å²) in [5.41, 5.74) is 3.29. The molecule has 1 N–H and O–H groups in total. The van der Waals surface area contributed by atoms with Crippen LogP contribution in [0.5, 0.6) is 0 Å². The summed E-state index contributed by atoms with van der Waals surface area (Å²) in [5, 5.41) is 11.7. The van der Waals surface area contributed by atoms with Crippen LogP contribution in [0.25, 0.3) is 0 Å². The number of hydrogen-bond acceptors (Lipinski definition) is 1. The molecule has 1 rings (SSSR count). The third-order valence-electron chi connectivity index (χ3n) is 3.75. The highest BCUT2D eigenvalue weighted by Gasteiger charge is 2.22. The third-order valence-corrected chi connectivity index (χ3v) is 6.62. The minimum Gasteiger partial charge on any atom is -0.388 e. The summed E-state index contributed by atoms with van der Waals surface area (Å²) in [6.07, 6.45) is 5.75. The molecule has 0 heterocycles. The zero-order valence-electron chi connectivity index (χ0n) is 13.1. The maximum atomic E-state index is 10.3. The monoisotopic (exact) mass is 288 g/mol.